The van der Waals surface area contributed by atoms with Gasteiger partial charge in [-0.15, -0.1) is 0 Å². The first-order valence-corrected chi connectivity index (χ1v) is 8.37. The molecule has 2 N–H and O–H groups in total. The standard InChI is InChI=1S/C19H19FN4O/c1-24(11-17-22-15-8-7-13(20)10-16(15)23-17)19(25)14-6-2-4-12-5-3-9-21-18(12)14/h2,4,6-8,10,21H,3,5,9,11H2,1H3,(H,22,23). The van der Waals surface area contributed by atoms with Gasteiger partial charge in [0.05, 0.1) is 28.8 Å². The Labute approximate surface area is 144 Å². The first-order chi connectivity index (χ1) is 12.1. The summed E-state index contributed by atoms with van der Waals surface area (Å²) in [5, 5.41) is 3.35. The number of anilines is 1. The number of fused-ring (bicyclic) bond motifs is 2. The molecule has 2 heterocycles. The van der Waals surface area contributed by atoms with E-state index in [-0.39, 0.29) is 11.7 Å². The van der Waals surface area contributed by atoms with E-state index in [1.54, 1.807) is 18.0 Å². The highest BCUT2D eigenvalue weighted by molar-refractivity contribution is 6.00. The van der Waals surface area contributed by atoms with E-state index in [4.69, 9.17) is 0 Å². The van der Waals surface area contributed by atoms with Gasteiger partial charge in [0.25, 0.3) is 5.91 Å². The molecule has 1 aromatic heterocycles. The van der Waals surface area contributed by atoms with Gasteiger partial charge in [-0.25, -0.2) is 9.37 Å². The zero-order valence-corrected chi connectivity index (χ0v) is 14.0. The lowest BCUT2D eigenvalue weighted by molar-refractivity contribution is 0.0782. The highest BCUT2D eigenvalue weighted by atomic mass is 19.1. The fraction of sp³-hybridized carbons (Fsp3) is 0.263. The molecule has 1 aliphatic rings. The summed E-state index contributed by atoms with van der Waals surface area (Å²) in [7, 11) is 1.75. The molecule has 1 amide bonds. The van der Waals surface area contributed by atoms with Crippen LogP contribution in [0, 0.1) is 5.82 Å². The van der Waals surface area contributed by atoms with Gasteiger partial charge in [0, 0.05) is 13.6 Å². The number of carbonyl (C=O) groups excluding carboxylic acids is 1. The number of nitrogens with one attached hydrogen (secondary N) is 2. The van der Waals surface area contributed by atoms with Crippen LogP contribution in [0.4, 0.5) is 10.1 Å². The van der Waals surface area contributed by atoms with E-state index in [0.717, 1.165) is 25.1 Å². The summed E-state index contributed by atoms with van der Waals surface area (Å²) in [4.78, 5) is 22.0. The summed E-state index contributed by atoms with van der Waals surface area (Å²) in [5.74, 6) is 0.265. The number of amides is 1. The highest BCUT2D eigenvalue weighted by Crippen LogP contribution is 2.27. The maximum absolute atomic E-state index is 13.3. The number of benzene rings is 2. The molecule has 0 atom stereocenters. The first kappa shape index (κ1) is 15.6. The minimum atomic E-state index is -0.311. The lowest BCUT2D eigenvalue weighted by Gasteiger charge is -2.23. The molecule has 3 aromatic rings. The second-order valence-corrected chi connectivity index (χ2v) is 6.38. The molecule has 0 bridgehead atoms. The number of halogens is 1. The van der Waals surface area contributed by atoms with Gasteiger partial charge in [0.1, 0.15) is 11.6 Å². The van der Waals surface area contributed by atoms with Gasteiger partial charge in [-0.1, -0.05) is 12.1 Å². The quantitative estimate of drug-likeness (QED) is 0.770. The fourth-order valence-corrected chi connectivity index (χ4v) is 3.30. The number of hydrogen-bond acceptors (Lipinski definition) is 3. The molecule has 25 heavy (non-hydrogen) atoms. The average Bonchev–Trinajstić information content (AvgIpc) is 3.01. The zero-order chi connectivity index (χ0) is 17.4. The Morgan fingerprint density at radius 1 is 1.32 bits per heavy atom. The normalized spacial score (nSPS) is 13.4. The number of imidazole rings is 1. The van der Waals surface area contributed by atoms with Crippen LogP contribution in [0.3, 0.4) is 0 Å². The Balaban J connectivity index is 1.58. The number of para-hydroxylation sites is 1. The topological polar surface area (TPSA) is 61.0 Å². The number of carbonyl (C=O) groups is 1. The van der Waals surface area contributed by atoms with E-state index >= 15 is 0 Å². The molecule has 0 saturated carbocycles. The third-order valence-corrected chi connectivity index (χ3v) is 4.53. The van der Waals surface area contributed by atoms with Crippen molar-refractivity contribution >= 4 is 22.6 Å². The van der Waals surface area contributed by atoms with Crippen molar-refractivity contribution in [3.05, 3.63) is 59.2 Å². The van der Waals surface area contributed by atoms with Crippen LogP contribution in [-0.2, 0) is 13.0 Å². The molecular formula is C19H19FN4O. The number of aromatic nitrogens is 2. The molecular weight excluding hydrogens is 319 g/mol. The lowest BCUT2D eigenvalue weighted by Crippen LogP contribution is -2.28. The molecule has 5 nitrogen and oxygen atoms in total. The van der Waals surface area contributed by atoms with E-state index in [1.165, 1.54) is 17.7 Å². The van der Waals surface area contributed by atoms with E-state index in [1.807, 2.05) is 12.1 Å². The van der Waals surface area contributed by atoms with Crippen molar-refractivity contribution in [1.29, 1.82) is 0 Å². The molecule has 6 heteroatoms. The minimum absolute atomic E-state index is 0.0575. The number of rotatable bonds is 3. The summed E-state index contributed by atoms with van der Waals surface area (Å²) < 4.78 is 13.3. The highest BCUT2D eigenvalue weighted by Gasteiger charge is 2.20. The predicted molar refractivity (Wildman–Crippen MR) is 95.1 cm³/mol. The minimum Gasteiger partial charge on any atom is -0.384 e. The van der Waals surface area contributed by atoms with Crippen LogP contribution < -0.4 is 5.32 Å². The van der Waals surface area contributed by atoms with Crippen LogP contribution in [0.5, 0.6) is 0 Å². The second kappa shape index (κ2) is 6.20. The van der Waals surface area contributed by atoms with Crippen LogP contribution in [0.2, 0.25) is 0 Å². The molecule has 0 aliphatic carbocycles. The second-order valence-electron chi connectivity index (χ2n) is 6.38. The third-order valence-electron chi connectivity index (χ3n) is 4.53. The van der Waals surface area contributed by atoms with Crippen molar-refractivity contribution in [3.8, 4) is 0 Å². The summed E-state index contributed by atoms with van der Waals surface area (Å²) in [6.07, 6.45) is 2.07. The van der Waals surface area contributed by atoms with Crippen LogP contribution in [0.1, 0.15) is 28.2 Å². The van der Waals surface area contributed by atoms with E-state index in [9.17, 15) is 9.18 Å². The van der Waals surface area contributed by atoms with Crippen molar-refractivity contribution in [2.75, 3.05) is 18.9 Å². The van der Waals surface area contributed by atoms with Gasteiger partial charge in [0.15, 0.2) is 0 Å². The maximum atomic E-state index is 13.3. The van der Waals surface area contributed by atoms with Crippen molar-refractivity contribution < 1.29 is 9.18 Å². The molecule has 128 valence electrons. The fourth-order valence-electron chi connectivity index (χ4n) is 3.30. The SMILES string of the molecule is CN(Cc1nc2ccc(F)cc2[nH]1)C(=O)c1cccc2c1NCCC2. The number of aryl methyl sites for hydroxylation is 1. The average molecular weight is 338 g/mol. The smallest absolute Gasteiger partial charge is 0.256 e. The lowest BCUT2D eigenvalue weighted by atomic mass is 9.99. The van der Waals surface area contributed by atoms with Crippen molar-refractivity contribution in [2.45, 2.75) is 19.4 Å². The van der Waals surface area contributed by atoms with Gasteiger partial charge >= 0.3 is 0 Å². The number of H-pyrrole nitrogens is 1. The predicted octanol–water partition coefficient (Wildman–Crippen LogP) is 3.33. The van der Waals surface area contributed by atoms with Crippen molar-refractivity contribution in [2.24, 2.45) is 0 Å². The van der Waals surface area contributed by atoms with Gasteiger partial charge in [-0.2, -0.15) is 0 Å². The van der Waals surface area contributed by atoms with E-state index in [0.29, 0.717) is 29.0 Å². The molecule has 0 fully saturated rings. The summed E-state index contributed by atoms with van der Waals surface area (Å²) in [6, 6.07) is 10.3. The first-order valence-electron chi connectivity index (χ1n) is 8.37. The molecule has 2 aromatic carbocycles. The Morgan fingerprint density at radius 2 is 2.20 bits per heavy atom. The molecule has 0 saturated heterocycles. The summed E-state index contributed by atoms with van der Waals surface area (Å²) >= 11 is 0. The maximum Gasteiger partial charge on any atom is 0.256 e. The number of nitrogens with zero attached hydrogens (tertiary/aromatic N) is 2. The van der Waals surface area contributed by atoms with Crippen LogP contribution in [-0.4, -0.2) is 34.4 Å². The van der Waals surface area contributed by atoms with Crippen LogP contribution in [0.25, 0.3) is 11.0 Å². The summed E-state index contributed by atoms with van der Waals surface area (Å²) in [6.45, 7) is 1.22. The van der Waals surface area contributed by atoms with E-state index < -0.39 is 0 Å². The van der Waals surface area contributed by atoms with Gasteiger partial charge in [0.2, 0.25) is 0 Å². The van der Waals surface area contributed by atoms with Crippen LogP contribution in [0.15, 0.2) is 36.4 Å². The molecule has 0 radical (unpaired) electrons. The third kappa shape index (κ3) is 2.95. The van der Waals surface area contributed by atoms with Gasteiger partial charge in [-0.3, -0.25) is 4.79 Å². The Bertz CT molecular complexity index is 950. The van der Waals surface area contributed by atoms with Gasteiger partial charge < -0.3 is 15.2 Å². The Hall–Kier alpha value is -2.89. The van der Waals surface area contributed by atoms with Gasteiger partial charge in [-0.05, 0) is 42.7 Å². The van der Waals surface area contributed by atoms with Crippen molar-refractivity contribution in [1.82, 2.24) is 14.9 Å². The Kier molecular flexibility index (Phi) is 3.87. The van der Waals surface area contributed by atoms with E-state index in [2.05, 4.69) is 21.4 Å². The molecule has 1 aliphatic heterocycles. The zero-order valence-electron chi connectivity index (χ0n) is 14.0. The van der Waals surface area contributed by atoms with Crippen LogP contribution >= 0.6 is 0 Å². The largest absolute Gasteiger partial charge is 0.384 e. The molecule has 4 rings (SSSR count). The number of hydrogen-bond donors (Lipinski definition) is 2. The summed E-state index contributed by atoms with van der Waals surface area (Å²) in [5.41, 5.74) is 4.13. The molecule has 0 spiro atoms. The monoisotopic (exact) mass is 338 g/mol. The number of aromatic amines is 1. The Morgan fingerprint density at radius 3 is 3.08 bits per heavy atom. The molecule has 0 unspecified atom stereocenters. The van der Waals surface area contributed by atoms with Crippen molar-refractivity contribution in [3.63, 3.8) is 0 Å².